The Hall–Kier alpha value is -1.98. The van der Waals surface area contributed by atoms with Gasteiger partial charge in [-0.05, 0) is 30.7 Å². The lowest BCUT2D eigenvalue weighted by Gasteiger charge is -2.12. The smallest absolute Gasteiger partial charge is 0.416 e. The van der Waals surface area contributed by atoms with Gasteiger partial charge in [-0.15, -0.1) is 0 Å². The quantitative estimate of drug-likeness (QED) is 0.710. The van der Waals surface area contributed by atoms with Crippen LogP contribution in [0.25, 0.3) is 10.9 Å². The second-order valence-electron chi connectivity index (χ2n) is 3.68. The summed E-state index contributed by atoms with van der Waals surface area (Å²) in [5.41, 5.74) is -0.810. The third-order valence-electron chi connectivity index (χ3n) is 2.54. The fourth-order valence-electron chi connectivity index (χ4n) is 1.76. The molecular weight excluding hydrogens is 235 g/mol. The molecule has 0 radical (unpaired) electrons. The second kappa shape index (κ2) is 3.51. The third kappa shape index (κ3) is 1.86. The number of alkyl halides is 3. The number of carbonyl (C=O) groups is 1. The molecule has 1 aromatic carbocycles. The van der Waals surface area contributed by atoms with E-state index in [2.05, 4.69) is 0 Å². The van der Waals surface area contributed by atoms with Crippen LogP contribution in [-0.2, 0) is 6.18 Å². The summed E-state index contributed by atoms with van der Waals surface area (Å²) < 4.78 is 38.6. The summed E-state index contributed by atoms with van der Waals surface area (Å²) in [5, 5.41) is 11.1. The van der Waals surface area contributed by atoms with E-state index in [0.29, 0.717) is 9.95 Å². The first-order valence-electron chi connectivity index (χ1n) is 4.71. The predicted octanol–water partition coefficient (Wildman–Crippen LogP) is 2.16. The van der Waals surface area contributed by atoms with Crippen molar-refractivity contribution in [2.45, 2.75) is 13.1 Å². The molecule has 2 rings (SSSR count). The van der Waals surface area contributed by atoms with Gasteiger partial charge in [0.05, 0.1) is 11.1 Å². The fraction of sp³-hybridized carbons (Fsp3) is 0.182. The molecule has 0 saturated heterocycles. The molecule has 0 spiro atoms. The Bertz CT molecular complexity index is 599. The lowest BCUT2D eigenvalue weighted by atomic mass is 10.1. The van der Waals surface area contributed by atoms with E-state index < -0.39 is 17.8 Å². The second-order valence-corrected chi connectivity index (χ2v) is 3.68. The summed E-state index contributed by atoms with van der Waals surface area (Å²) >= 11 is 0. The van der Waals surface area contributed by atoms with Gasteiger partial charge in [0.1, 0.15) is 6.09 Å². The number of carbonyl (C=O) groups excluding carboxylic acids is 1. The lowest BCUT2D eigenvalue weighted by molar-refractivity contribution is -0.249. The van der Waals surface area contributed by atoms with Gasteiger partial charge in [-0.3, -0.25) is 0 Å². The van der Waals surface area contributed by atoms with Crippen molar-refractivity contribution in [1.29, 1.82) is 0 Å². The van der Waals surface area contributed by atoms with Crippen molar-refractivity contribution in [2.75, 3.05) is 0 Å². The van der Waals surface area contributed by atoms with Gasteiger partial charge in [-0.2, -0.15) is 13.2 Å². The molecule has 0 bridgehead atoms. The van der Waals surface area contributed by atoms with Gasteiger partial charge in [-0.1, -0.05) is 0 Å². The van der Waals surface area contributed by atoms with E-state index in [9.17, 15) is 23.1 Å². The fourth-order valence-corrected chi connectivity index (χ4v) is 1.76. The van der Waals surface area contributed by atoms with Gasteiger partial charge >= 0.3 is 6.18 Å². The number of rotatable bonds is 0. The van der Waals surface area contributed by atoms with Gasteiger partial charge in [0, 0.05) is 11.6 Å². The zero-order valence-electron chi connectivity index (χ0n) is 8.71. The van der Waals surface area contributed by atoms with E-state index in [1.54, 1.807) is 0 Å². The van der Waals surface area contributed by atoms with Gasteiger partial charge in [0.25, 0.3) is 0 Å². The van der Waals surface area contributed by atoms with Crippen molar-refractivity contribution in [3.05, 3.63) is 35.5 Å². The molecule has 0 aliphatic heterocycles. The summed E-state index contributed by atoms with van der Waals surface area (Å²) in [5.74, 6) is 0. The zero-order chi connectivity index (χ0) is 12.8. The van der Waals surface area contributed by atoms with E-state index in [4.69, 9.17) is 0 Å². The highest BCUT2D eigenvalue weighted by Crippen LogP contribution is 2.34. The number of hydrogen-bond acceptors (Lipinski definition) is 2. The minimum Gasteiger partial charge on any atom is -0.529 e. The Kier molecular flexibility index (Phi) is 2.38. The Morgan fingerprint density at radius 1 is 1.35 bits per heavy atom. The number of nitrogens with zero attached hydrogens (tertiary/aromatic N) is 1. The minimum absolute atomic E-state index is 0.0251. The van der Waals surface area contributed by atoms with Gasteiger partial charge in [0.15, 0.2) is 0 Å². The molecule has 2 aromatic rings. The molecule has 1 aromatic heterocycles. The first kappa shape index (κ1) is 11.5. The van der Waals surface area contributed by atoms with E-state index in [-0.39, 0.29) is 11.1 Å². The molecule has 0 N–H and O–H groups in total. The standard InChI is InChI=1S/C11H8F3NO2/c1-6-4-7-2-3-15(10(16)17)9(7)5-8(6)11(12,13)14/h2-5H,1H3,(H,16,17)/p-1. The van der Waals surface area contributed by atoms with Crippen LogP contribution in [0.3, 0.4) is 0 Å². The number of hydrogen-bond donors (Lipinski definition) is 0. The molecular formula is C11H7F3NO2-. The normalized spacial score (nSPS) is 12.0. The minimum atomic E-state index is -4.50. The highest BCUT2D eigenvalue weighted by atomic mass is 19.4. The summed E-state index contributed by atoms with van der Waals surface area (Å²) in [7, 11) is 0. The first-order chi connectivity index (χ1) is 7.80. The number of aromatic nitrogens is 1. The first-order valence-corrected chi connectivity index (χ1v) is 4.71. The molecule has 0 amide bonds. The molecule has 0 aliphatic carbocycles. The van der Waals surface area contributed by atoms with E-state index >= 15 is 0 Å². The third-order valence-corrected chi connectivity index (χ3v) is 2.54. The summed E-state index contributed by atoms with van der Waals surface area (Å²) in [6, 6.07) is 3.55. The summed E-state index contributed by atoms with van der Waals surface area (Å²) in [6.45, 7) is 1.33. The van der Waals surface area contributed by atoms with E-state index in [1.807, 2.05) is 0 Å². The number of aryl methyl sites for hydroxylation is 1. The van der Waals surface area contributed by atoms with Crippen molar-refractivity contribution in [2.24, 2.45) is 0 Å². The van der Waals surface area contributed by atoms with Gasteiger partial charge in [-0.25, -0.2) is 0 Å². The average molecular weight is 242 g/mol. The van der Waals surface area contributed by atoms with Gasteiger partial charge in [0.2, 0.25) is 0 Å². The maximum Gasteiger partial charge on any atom is 0.416 e. The van der Waals surface area contributed by atoms with Crippen molar-refractivity contribution in [1.82, 2.24) is 4.57 Å². The Morgan fingerprint density at radius 2 is 2.00 bits per heavy atom. The van der Waals surface area contributed by atoms with Crippen LogP contribution in [0.1, 0.15) is 11.1 Å². The average Bonchev–Trinajstić information content (AvgIpc) is 2.57. The van der Waals surface area contributed by atoms with Crippen molar-refractivity contribution >= 4 is 17.0 Å². The molecule has 0 saturated carbocycles. The topological polar surface area (TPSA) is 45.1 Å². The van der Waals surface area contributed by atoms with Gasteiger partial charge < -0.3 is 14.5 Å². The number of halogens is 3. The summed E-state index contributed by atoms with van der Waals surface area (Å²) in [6.07, 6.45) is -4.89. The molecule has 1 heterocycles. The highest BCUT2D eigenvalue weighted by molar-refractivity contribution is 5.89. The molecule has 90 valence electrons. The molecule has 0 unspecified atom stereocenters. The monoisotopic (exact) mass is 242 g/mol. The Labute approximate surface area is 94.1 Å². The van der Waals surface area contributed by atoms with Crippen LogP contribution in [0.4, 0.5) is 18.0 Å². The zero-order valence-corrected chi connectivity index (χ0v) is 8.71. The molecule has 3 nitrogen and oxygen atoms in total. The van der Waals surface area contributed by atoms with Crippen LogP contribution >= 0.6 is 0 Å². The predicted molar refractivity (Wildman–Crippen MR) is 52.5 cm³/mol. The number of benzene rings is 1. The van der Waals surface area contributed by atoms with Crippen LogP contribution in [-0.4, -0.2) is 10.7 Å². The molecule has 0 atom stereocenters. The number of carboxylic acid groups (broad SMARTS) is 1. The molecule has 0 aliphatic rings. The maximum absolute atomic E-state index is 12.6. The van der Waals surface area contributed by atoms with Crippen LogP contribution in [0.2, 0.25) is 0 Å². The van der Waals surface area contributed by atoms with Crippen molar-refractivity contribution < 1.29 is 23.1 Å². The van der Waals surface area contributed by atoms with E-state index in [0.717, 1.165) is 6.07 Å². The molecule has 6 heteroatoms. The maximum atomic E-state index is 12.6. The van der Waals surface area contributed by atoms with Crippen LogP contribution < -0.4 is 5.11 Å². The Morgan fingerprint density at radius 3 is 2.53 bits per heavy atom. The SMILES string of the molecule is Cc1cc2ccn(C(=O)[O-])c2cc1C(F)(F)F. The van der Waals surface area contributed by atoms with Crippen LogP contribution in [0.5, 0.6) is 0 Å². The number of fused-ring (bicyclic) bond motifs is 1. The highest BCUT2D eigenvalue weighted by Gasteiger charge is 2.32. The lowest BCUT2D eigenvalue weighted by Crippen LogP contribution is -2.27. The Balaban J connectivity index is 2.77. The molecule has 0 fully saturated rings. The van der Waals surface area contributed by atoms with Crippen molar-refractivity contribution in [3.8, 4) is 0 Å². The largest absolute Gasteiger partial charge is 0.529 e. The van der Waals surface area contributed by atoms with Crippen LogP contribution in [0.15, 0.2) is 24.4 Å². The summed E-state index contributed by atoms with van der Waals surface area (Å²) in [4.78, 5) is 10.7. The molecule has 17 heavy (non-hydrogen) atoms. The van der Waals surface area contributed by atoms with E-state index in [1.165, 1.54) is 25.3 Å². The van der Waals surface area contributed by atoms with Crippen molar-refractivity contribution in [3.63, 3.8) is 0 Å². The van der Waals surface area contributed by atoms with Crippen LogP contribution in [0, 0.1) is 6.92 Å².